The Bertz CT molecular complexity index is 1100. The van der Waals surface area contributed by atoms with Gasteiger partial charge in [0.1, 0.15) is 17.3 Å². The molecule has 0 unspecified atom stereocenters. The lowest BCUT2D eigenvalue weighted by molar-refractivity contribution is -0.140. The van der Waals surface area contributed by atoms with Crippen LogP contribution in [0, 0.1) is 35.5 Å². The second-order valence-electron chi connectivity index (χ2n) is 8.43. The first-order valence-corrected chi connectivity index (χ1v) is 10.5. The molecule has 1 saturated heterocycles. The number of rotatable bonds is 4. The van der Waals surface area contributed by atoms with Gasteiger partial charge < -0.3 is 9.15 Å². The Morgan fingerprint density at radius 3 is 2.47 bits per heavy atom. The number of ether oxygens (including phenoxy) is 1. The van der Waals surface area contributed by atoms with Gasteiger partial charge in [0.2, 0.25) is 0 Å². The number of hydrazone groups is 1. The van der Waals surface area contributed by atoms with Gasteiger partial charge >= 0.3 is 0 Å². The number of allylic oxidation sites excluding steroid dienone is 2. The third-order valence-corrected chi connectivity index (χ3v) is 7.23. The molecule has 7 rings (SSSR count). The van der Waals surface area contributed by atoms with E-state index in [2.05, 4.69) is 17.3 Å². The molecule has 2 heterocycles. The van der Waals surface area contributed by atoms with E-state index in [0.29, 0.717) is 39.7 Å². The zero-order valence-corrected chi connectivity index (χ0v) is 17.0. The predicted molar refractivity (Wildman–Crippen MR) is 110 cm³/mol. The molecule has 5 aliphatic rings. The number of halogens is 1. The smallest absolute Gasteiger partial charge is 0.254 e. The Balaban J connectivity index is 1.26. The van der Waals surface area contributed by atoms with Gasteiger partial charge in [-0.1, -0.05) is 23.8 Å². The van der Waals surface area contributed by atoms with Crippen LogP contribution in [0.2, 0.25) is 5.02 Å². The molecule has 4 aliphatic carbocycles. The topological polar surface area (TPSA) is 72.1 Å². The van der Waals surface area contributed by atoms with E-state index in [1.807, 2.05) is 0 Å². The lowest BCUT2D eigenvalue weighted by Gasteiger charge is -2.37. The zero-order valence-electron chi connectivity index (χ0n) is 16.2. The van der Waals surface area contributed by atoms with Crippen molar-refractivity contribution in [2.24, 2.45) is 40.6 Å². The summed E-state index contributed by atoms with van der Waals surface area (Å²) >= 11 is 6.10. The first kappa shape index (κ1) is 18.0. The highest BCUT2D eigenvalue weighted by atomic mass is 35.5. The van der Waals surface area contributed by atoms with Crippen LogP contribution in [0.25, 0.3) is 11.3 Å². The molecule has 1 aromatic heterocycles. The zero-order chi connectivity index (χ0) is 20.6. The van der Waals surface area contributed by atoms with Crippen molar-refractivity contribution in [1.29, 1.82) is 0 Å². The van der Waals surface area contributed by atoms with E-state index in [1.54, 1.807) is 37.4 Å². The van der Waals surface area contributed by atoms with Gasteiger partial charge in [0.15, 0.2) is 0 Å². The number of hydrogen-bond donors (Lipinski definition) is 0. The van der Waals surface area contributed by atoms with E-state index in [0.717, 1.165) is 11.4 Å². The molecule has 0 N–H and O–H groups in total. The van der Waals surface area contributed by atoms with Gasteiger partial charge in [0.05, 0.1) is 30.7 Å². The molecule has 3 fully saturated rings. The Morgan fingerprint density at radius 2 is 1.80 bits per heavy atom. The maximum Gasteiger partial charge on any atom is 0.254 e. The summed E-state index contributed by atoms with van der Waals surface area (Å²) in [5, 5.41) is 5.83. The molecule has 1 aromatic carbocycles. The van der Waals surface area contributed by atoms with Crippen molar-refractivity contribution < 1.29 is 18.7 Å². The number of imide groups is 1. The molecule has 30 heavy (non-hydrogen) atoms. The Kier molecular flexibility index (Phi) is 3.78. The minimum Gasteiger partial charge on any atom is -0.496 e. The number of benzene rings is 1. The molecule has 6 nitrogen and oxygen atoms in total. The number of amides is 2. The predicted octanol–water partition coefficient (Wildman–Crippen LogP) is 4.00. The third kappa shape index (κ3) is 2.46. The lowest BCUT2D eigenvalue weighted by atomic mass is 9.63. The molecule has 2 bridgehead atoms. The average molecular weight is 423 g/mol. The summed E-state index contributed by atoms with van der Waals surface area (Å²) in [6.45, 7) is 0. The largest absolute Gasteiger partial charge is 0.496 e. The summed E-state index contributed by atoms with van der Waals surface area (Å²) in [5.74, 6) is 2.27. The Morgan fingerprint density at radius 1 is 1.10 bits per heavy atom. The van der Waals surface area contributed by atoms with Crippen LogP contribution in [-0.4, -0.2) is 30.1 Å². The van der Waals surface area contributed by atoms with Crippen molar-refractivity contribution in [3.8, 4) is 17.1 Å². The van der Waals surface area contributed by atoms with Crippen molar-refractivity contribution >= 4 is 29.6 Å². The van der Waals surface area contributed by atoms with Crippen molar-refractivity contribution in [2.45, 2.75) is 6.42 Å². The van der Waals surface area contributed by atoms with Crippen molar-refractivity contribution in [2.75, 3.05) is 7.11 Å². The number of nitrogens with zero attached hydrogens (tertiary/aromatic N) is 2. The molecule has 0 radical (unpaired) electrons. The van der Waals surface area contributed by atoms with Crippen molar-refractivity contribution in [3.05, 3.63) is 53.3 Å². The van der Waals surface area contributed by atoms with Gasteiger partial charge in [-0.05, 0) is 60.4 Å². The fourth-order valence-electron chi connectivity index (χ4n) is 5.61. The summed E-state index contributed by atoms with van der Waals surface area (Å²) < 4.78 is 11.2. The number of carbonyl (C=O) groups excluding carboxylic acids is 2. The van der Waals surface area contributed by atoms with E-state index in [4.69, 9.17) is 20.8 Å². The highest BCUT2D eigenvalue weighted by Gasteiger charge is 2.67. The fraction of sp³-hybridized carbons (Fsp3) is 0.348. The van der Waals surface area contributed by atoms with Crippen LogP contribution in [-0.2, 0) is 9.59 Å². The lowest BCUT2D eigenvalue weighted by Crippen LogP contribution is -2.40. The Labute approximate surface area is 178 Å². The maximum atomic E-state index is 13.0. The van der Waals surface area contributed by atoms with E-state index < -0.39 is 0 Å². The van der Waals surface area contributed by atoms with Crippen LogP contribution in [0.4, 0.5) is 0 Å². The maximum absolute atomic E-state index is 13.0. The molecule has 2 aromatic rings. The molecule has 1 aliphatic heterocycles. The summed E-state index contributed by atoms with van der Waals surface area (Å²) in [7, 11) is 1.58. The monoisotopic (exact) mass is 422 g/mol. The summed E-state index contributed by atoms with van der Waals surface area (Å²) in [6.07, 6.45) is 6.86. The summed E-state index contributed by atoms with van der Waals surface area (Å²) in [4.78, 5) is 25.9. The fourth-order valence-corrected chi connectivity index (χ4v) is 5.78. The second-order valence-corrected chi connectivity index (χ2v) is 8.87. The number of methoxy groups -OCH3 is 1. The van der Waals surface area contributed by atoms with Crippen LogP contribution in [0.3, 0.4) is 0 Å². The van der Waals surface area contributed by atoms with E-state index >= 15 is 0 Å². The van der Waals surface area contributed by atoms with Crippen LogP contribution < -0.4 is 4.74 Å². The van der Waals surface area contributed by atoms with Crippen LogP contribution >= 0.6 is 11.6 Å². The van der Waals surface area contributed by atoms with Crippen molar-refractivity contribution in [3.63, 3.8) is 0 Å². The molecular weight excluding hydrogens is 404 g/mol. The van der Waals surface area contributed by atoms with Gasteiger partial charge in [0.25, 0.3) is 11.8 Å². The molecular formula is C23H19ClN2O4. The summed E-state index contributed by atoms with van der Waals surface area (Å²) in [6, 6.07) is 8.78. The SMILES string of the molecule is COc1ccc(Cl)cc1-c1ccc(/C=N\N2C(=O)[C@@H]3[C@H]4C=C[C@@H]([C@@H]5C[C@@H]45)[C@@H]3C2=O)o1. The molecule has 0 spiro atoms. The highest BCUT2D eigenvalue weighted by molar-refractivity contribution is 6.31. The second kappa shape index (κ2) is 6.32. The number of carbonyl (C=O) groups is 2. The minimum absolute atomic E-state index is 0.186. The van der Waals surface area contributed by atoms with Crippen molar-refractivity contribution in [1.82, 2.24) is 5.01 Å². The minimum atomic E-state index is -0.253. The van der Waals surface area contributed by atoms with Gasteiger partial charge in [-0.15, -0.1) is 0 Å². The first-order valence-electron chi connectivity index (χ1n) is 10.1. The van der Waals surface area contributed by atoms with E-state index in [-0.39, 0.29) is 35.5 Å². The molecule has 152 valence electrons. The molecule has 6 atom stereocenters. The van der Waals surface area contributed by atoms with Crippen LogP contribution in [0.1, 0.15) is 12.2 Å². The molecule has 7 heteroatoms. The van der Waals surface area contributed by atoms with Gasteiger partial charge in [-0.25, -0.2) is 0 Å². The normalized spacial score (nSPS) is 33.3. The van der Waals surface area contributed by atoms with Gasteiger partial charge in [-0.2, -0.15) is 10.1 Å². The van der Waals surface area contributed by atoms with Gasteiger partial charge in [-0.3, -0.25) is 9.59 Å². The first-order chi connectivity index (χ1) is 14.6. The van der Waals surface area contributed by atoms with E-state index in [1.165, 1.54) is 6.21 Å². The summed E-state index contributed by atoms with van der Waals surface area (Å²) in [5.41, 5.74) is 0.714. The molecule has 2 amide bonds. The highest BCUT2D eigenvalue weighted by Crippen LogP contribution is 2.65. The van der Waals surface area contributed by atoms with Crippen LogP contribution in [0.5, 0.6) is 5.75 Å². The number of furan rings is 1. The van der Waals surface area contributed by atoms with E-state index in [9.17, 15) is 9.59 Å². The van der Waals surface area contributed by atoms with Gasteiger partial charge in [0, 0.05) is 5.02 Å². The number of hydrogen-bond acceptors (Lipinski definition) is 5. The quantitative estimate of drug-likeness (QED) is 0.424. The standard InChI is InChI=1S/C23H19ClN2O4/c1-29-18-6-2-11(24)8-17(18)19-7-3-12(30-19)10-25-26-22(27)20-13-4-5-14(16-9-15(13)16)21(20)23(26)28/h2-8,10,13-16,20-21H,9H2,1H3/b25-10-/t13-,14-,15-,16-,20-,21+/m0/s1. The Hall–Kier alpha value is -2.86. The molecule has 2 saturated carbocycles. The van der Waals surface area contributed by atoms with Crippen LogP contribution in [0.15, 0.2) is 52.0 Å². The third-order valence-electron chi connectivity index (χ3n) is 6.99. The average Bonchev–Trinajstić information content (AvgIpc) is 3.39.